The molecule has 0 saturated carbocycles. The number of nitrogens with one attached hydrogen (secondary N) is 1. The van der Waals surface area contributed by atoms with Crippen LogP contribution in [0, 0.1) is 13.8 Å². The Morgan fingerprint density at radius 1 is 1.19 bits per heavy atom. The maximum absolute atomic E-state index is 11.9. The lowest BCUT2D eigenvalue weighted by molar-refractivity contribution is -0.118. The molecule has 0 aromatic heterocycles. The Bertz CT molecular complexity index is 671. The number of nitrogens with two attached hydrogens (primary N) is 1. The second kappa shape index (κ2) is 6.50. The number of amides is 1. The molecule has 0 spiro atoms. The molecule has 0 unspecified atom stereocenters. The largest absolute Gasteiger partial charge is 0.483 e. The molecule has 21 heavy (non-hydrogen) atoms. The van der Waals surface area contributed by atoms with E-state index in [1.807, 2.05) is 19.9 Å². The van der Waals surface area contributed by atoms with Gasteiger partial charge in [-0.1, -0.05) is 17.7 Å². The van der Waals surface area contributed by atoms with E-state index in [0.717, 1.165) is 11.1 Å². The highest BCUT2D eigenvalue weighted by molar-refractivity contribution is 6.31. The second-order valence-electron chi connectivity index (χ2n) is 4.83. The zero-order valence-electron chi connectivity index (χ0n) is 11.9. The SMILES string of the molecule is Cc1ccc(NC(=O)COc2ccc(N)cc2C)cc1Cl. The van der Waals surface area contributed by atoms with Crippen molar-refractivity contribution < 1.29 is 9.53 Å². The van der Waals surface area contributed by atoms with E-state index in [1.165, 1.54) is 0 Å². The molecule has 0 aliphatic heterocycles. The van der Waals surface area contributed by atoms with Gasteiger partial charge in [-0.25, -0.2) is 0 Å². The first-order valence-corrected chi connectivity index (χ1v) is 6.88. The van der Waals surface area contributed by atoms with Gasteiger partial charge in [-0.3, -0.25) is 4.79 Å². The van der Waals surface area contributed by atoms with Crippen molar-refractivity contribution in [2.75, 3.05) is 17.7 Å². The van der Waals surface area contributed by atoms with E-state index in [1.54, 1.807) is 30.3 Å². The zero-order valence-corrected chi connectivity index (χ0v) is 12.7. The number of aryl methyl sites for hydroxylation is 2. The number of ether oxygens (including phenoxy) is 1. The minimum atomic E-state index is -0.244. The van der Waals surface area contributed by atoms with Gasteiger partial charge in [0, 0.05) is 16.4 Å². The smallest absolute Gasteiger partial charge is 0.262 e. The highest BCUT2D eigenvalue weighted by atomic mass is 35.5. The molecule has 2 rings (SSSR count). The number of nitrogen functional groups attached to an aromatic ring is 1. The van der Waals surface area contributed by atoms with Crippen LogP contribution in [0.4, 0.5) is 11.4 Å². The summed E-state index contributed by atoms with van der Waals surface area (Å²) in [6.07, 6.45) is 0. The number of hydrogen-bond donors (Lipinski definition) is 2. The molecule has 110 valence electrons. The average molecular weight is 305 g/mol. The summed E-state index contributed by atoms with van der Waals surface area (Å²) >= 11 is 6.01. The molecule has 0 aliphatic carbocycles. The third-order valence-corrected chi connectivity index (χ3v) is 3.42. The van der Waals surface area contributed by atoms with Crippen LogP contribution >= 0.6 is 11.6 Å². The first-order chi connectivity index (χ1) is 9.95. The minimum absolute atomic E-state index is 0.0732. The normalized spacial score (nSPS) is 10.2. The summed E-state index contributed by atoms with van der Waals surface area (Å²) in [5.41, 5.74) is 8.83. The van der Waals surface area contributed by atoms with Gasteiger partial charge in [0.05, 0.1) is 0 Å². The number of carbonyl (C=O) groups is 1. The second-order valence-corrected chi connectivity index (χ2v) is 5.23. The molecule has 0 aliphatic rings. The van der Waals surface area contributed by atoms with E-state index >= 15 is 0 Å². The Labute approximate surface area is 128 Å². The first-order valence-electron chi connectivity index (χ1n) is 6.50. The fraction of sp³-hybridized carbons (Fsp3) is 0.188. The van der Waals surface area contributed by atoms with Crippen LogP contribution in [0.1, 0.15) is 11.1 Å². The topological polar surface area (TPSA) is 64.3 Å². The van der Waals surface area contributed by atoms with Crippen LogP contribution in [0.15, 0.2) is 36.4 Å². The summed E-state index contributed by atoms with van der Waals surface area (Å²) in [4.78, 5) is 11.9. The molecule has 4 nitrogen and oxygen atoms in total. The van der Waals surface area contributed by atoms with Gasteiger partial charge in [-0.15, -0.1) is 0 Å². The third-order valence-electron chi connectivity index (χ3n) is 3.01. The highest BCUT2D eigenvalue weighted by Crippen LogP contribution is 2.21. The summed E-state index contributed by atoms with van der Waals surface area (Å²) < 4.78 is 5.48. The van der Waals surface area contributed by atoms with Gasteiger partial charge in [0.1, 0.15) is 5.75 Å². The monoisotopic (exact) mass is 304 g/mol. The Morgan fingerprint density at radius 3 is 2.62 bits per heavy atom. The molecule has 0 saturated heterocycles. The van der Waals surface area contributed by atoms with Gasteiger partial charge in [0.15, 0.2) is 6.61 Å². The van der Waals surface area contributed by atoms with Gasteiger partial charge in [0.25, 0.3) is 5.91 Å². The Balaban J connectivity index is 1.94. The summed E-state index contributed by atoms with van der Waals surface area (Å²) in [7, 11) is 0. The third kappa shape index (κ3) is 4.13. The molecule has 5 heteroatoms. The summed E-state index contributed by atoms with van der Waals surface area (Å²) in [5, 5.41) is 3.35. The summed E-state index contributed by atoms with van der Waals surface area (Å²) in [6, 6.07) is 10.6. The molecule has 0 bridgehead atoms. The number of halogens is 1. The lowest BCUT2D eigenvalue weighted by Gasteiger charge is -2.10. The van der Waals surface area contributed by atoms with Crippen LogP contribution in [-0.2, 0) is 4.79 Å². The molecule has 0 heterocycles. The van der Waals surface area contributed by atoms with Crippen molar-refractivity contribution in [3.63, 3.8) is 0 Å². The van der Waals surface area contributed by atoms with Crippen LogP contribution in [-0.4, -0.2) is 12.5 Å². The standard InChI is InChI=1S/C16H17ClN2O2/c1-10-3-5-13(8-14(10)17)19-16(20)9-21-15-6-4-12(18)7-11(15)2/h3-8H,9,18H2,1-2H3,(H,19,20). The number of hydrogen-bond acceptors (Lipinski definition) is 3. The van der Waals surface area contributed by atoms with Gasteiger partial charge in [0.2, 0.25) is 0 Å². The maximum Gasteiger partial charge on any atom is 0.262 e. The van der Waals surface area contributed by atoms with Crippen molar-refractivity contribution in [3.8, 4) is 5.75 Å². The molecule has 0 radical (unpaired) electrons. The van der Waals surface area contributed by atoms with Crippen molar-refractivity contribution in [2.45, 2.75) is 13.8 Å². The average Bonchev–Trinajstić information content (AvgIpc) is 2.42. The van der Waals surface area contributed by atoms with E-state index < -0.39 is 0 Å². The van der Waals surface area contributed by atoms with E-state index in [0.29, 0.717) is 22.1 Å². The molecule has 0 fully saturated rings. The van der Waals surface area contributed by atoms with Crippen LogP contribution in [0.2, 0.25) is 5.02 Å². The zero-order chi connectivity index (χ0) is 15.4. The van der Waals surface area contributed by atoms with Crippen LogP contribution in [0.3, 0.4) is 0 Å². The minimum Gasteiger partial charge on any atom is -0.483 e. The van der Waals surface area contributed by atoms with Crippen molar-refractivity contribution in [1.82, 2.24) is 0 Å². The predicted octanol–water partition coefficient (Wildman–Crippen LogP) is 3.56. The van der Waals surface area contributed by atoms with Crippen molar-refractivity contribution >= 4 is 28.9 Å². The Kier molecular flexibility index (Phi) is 4.70. The van der Waals surface area contributed by atoms with Gasteiger partial charge >= 0.3 is 0 Å². The maximum atomic E-state index is 11.9. The molecule has 2 aromatic carbocycles. The number of anilines is 2. The molecular formula is C16H17ClN2O2. The number of carbonyl (C=O) groups excluding carboxylic acids is 1. The van der Waals surface area contributed by atoms with E-state index in [4.69, 9.17) is 22.1 Å². The Morgan fingerprint density at radius 2 is 1.95 bits per heavy atom. The summed E-state index contributed by atoms with van der Waals surface area (Å²) in [5.74, 6) is 0.396. The van der Waals surface area contributed by atoms with Crippen molar-refractivity contribution in [3.05, 3.63) is 52.5 Å². The van der Waals surface area contributed by atoms with Gasteiger partial charge in [-0.05, 0) is 55.3 Å². The van der Waals surface area contributed by atoms with Crippen molar-refractivity contribution in [1.29, 1.82) is 0 Å². The van der Waals surface area contributed by atoms with E-state index in [9.17, 15) is 4.79 Å². The van der Waals surface area contributed by atoms with Crippen LogP contribution < -0.4 is 15.8 Å². The van der Waals surface area contributed by atoms with Crippen LogP contribution in [0.25, 0.3) is 0 Å². The molecule has 0 atom stereocenters. The van der Waals surface area contributed by atoms with Gasteiger partial charge in [-0.2, -0.15) is 0 Å². The number of rotatable bonds is 4. The lowest BCUT2D eigenvalue weighted by atomic mass is 10.2. The molecule has 3 N–H and O–H groups in total. The molecular weight excluding hydrogens is 288 g/mol. The number of benzene rings is 2. The van der Waals surface area contributed by atoms with Gasteiger partial charge < -0.3 is 15.8 Å². The fourth-order valence-electron chi connectivity index (χ4n) is 1.85. The molecule has 2 aromatic rings. The highest BCUT2D eigenvalue weighted by Gasteiger charge is 2.06. The molecule has 1 amide bonds. The lowest BCUT2D eigenvalue weighted by Crippen LogP contribution is -2.20. The Hall–Kier alpha value is -2.20. The summed E-state index contributed by atoms with van der Waals surface area (Å²) in [6.45, 7) is 3.71. The van der Waals surface area contributed by atoms with Crippen molar-refractivity contribution in [2.24, 2.45) is 0 Å². The van der Waals surface area contributed by atoms with Crippen LogP contribution in [0.5, 0.6) is 5.75 Å². The first kappa shape index (κ1) is 15.2. The van der Waals surface area contributed by atoms with E-state index in [2.05, 4.69) is 5.32 Å². The fourth-order valence-corrected chi connectivity index (χ4v) is 2.03. The quantitative estimate of drug-likeness (QED) is 0.849. The predicted molar refractivity (Wildman–Crippen MR) is 85.9 cm³/mol. The van der Waals surface area contributed by atoms with E-state index in [-0.39, 0.29) is 12.5 Å².